The zero-order valence-corrected chi connectivity index (χ0v) is 18.7. The van der Waals surface area contributed by atoms with Crippen LogP contribution in [0.4, 0.5) is 0 Å². The molecule has 3 atom stereocenters. The molecule has 0 spiro atoms. The fraction of sp³-hybridized carbons (Fsp3) is 0.458. The summed E-state index contributed by atoms with van der Waals surface area (Å²) in [6.07, 6.45) is 7.13. The number of carbonyl (C=O) groups is 1. The summed E-state index contributed by atoms with van der Waals surface area (Å²) in [6.45, 7) is 6.55. The van der Waals surface area contributed by atoms with Gasteiger partial charge in [0.1, 0.15) is 5.69 Å². The SMILES string of the molecule is Cc1ccc(-c2ncccn2)c(C(=O)N2C[C@@H]3C[C@@H]3C[C@H]2CCc2nnc(C)c(C)n2)n1. The van der Waals surface area contributed by atoms with E-state index in [1.54, 1.807) is 18.5 Å². The number of aromatic nitrogens is 6. The Balaban J connectivity index is 1.41. The van der Waals surface area contributed by atoms with Gasteiger partial charge in [0.25, 0.3) is 5.91 Å². The summed E-state index contributed by atoms with van der Waals surface area (Å²) in [5, 5.41) is 8.46. The minimum atomic E-state index is -0.0365. The van der Waals surface area contributed by atoms with Crippen molar-refractivity contribution in [1.29, 1.82) is 0 Å². The molecule has 3 aromatic rings. The van der Waals surface area contributed by atoms with Crippen LogP contribution >= 0.6 is 0 Å². The molecule has 1 aliphatic heterocycles. The van der Waals surface area contributed by atoms with E-state index in [-0.39, 0.29) is 11.9 Å². The molecular formula is C24H27N7O. The summed E-state index contributed by atoms with van der Waals surface area (Å²) < 4.78 is 0. The molecule has 0 bridgehead atoms. The Kier molecular flexibility index (Phi) is 5.36. The lowest BCUT2D eigenvalue weighted by Crippen LogP contribution is -2.45. The third-order valence-corrected chi connectivity index (χ3v) is 6.66. The number of rotatable bonds is 5. The number of piperidine rings is 1. The minimum absolute atomic E-state index is 0.0365. The standard InChI is InChI=1S/C24H27N7O/c1-14-5-7-20(23-25-9-4-10-26-23)22(27-14)24(32)31-13-18-11-17(18)12-19(31)6-8-21-28-15(2)16(3)29-30-21/h4-5,7,9-10,17-19H,6,8,11-13H2,1-3H3/t17-,18+,19-/m1/s1. The van der Waals surface area contributed by atoms with Crippen LogP contribution in [0.25, 0.3) is 11.4 Å². The van der Waals surface area contributed by atoms with E-state index in [1.165, 1.54) is 6.42 Å². The van der Waals surface area contributed by atoms with Crippen molar-refractivity contribution in [3.8, 4) is 11.4 Å². The molecule has 1 saturated carbocycles. The number of hydrogen-bond donors (Lipinski definition) is 0. The summed E-state index contributed by atoms with van der Waals surface area (Å²) in [6, 6.07) is 5.71. The Hall–Kier alpha value is -3.29. The topological polar surface area (TPSA) is 97.7 Å². The number of nitrogens with zero attached hydrogens (tertiary/aromatic N) is 7. The van der Waals surface area contributed by atoms with Crippen molar-refractivity contribution in [2.45, 2.75) is 52.5 Å². The number of amides is 1. The van der Waals surface area contributed by atoms with Gasteiger partial charge in [-0.3, -0.25) is 4.79 Å². The summed E-state index contributed by atoms with van der Waals surface area (Å²) in [7, 11) is 0. The van der Waals surface area contributed by atoms with Gasteiger partial charge < -0.3 is 4.90 Å². The number of pyridine rings is 1. The molecule has 164 valence electrons. The fourth-order valence-electron chi connectivity index (χ4n) is 4.60. The Morgan fingerprint density at radius 2 is 1.81 bits per heavy atom. The van der Waals surface area contributed by atoms with Crippen molar-refractivity contribution in [2.24, 2.45) is 11.8 Å². The quantitative estimate of drug-likeness (QED) is 0.614. The molecule has 4 heterocycles. The largest absolute Gasteiger partial charge is 0.334 e. The van der Waals surface area contributed by atoms with Gasteiger partial charge in [-0.25, -0.2) is 19.9 Å². The first-order valence-corrected chi connectivity index (χ1v) is 11.2. The average Bonchev–Trinajstić information content (AvgIpc) is 3.57. The van der Waals surface area contributed by atoms with Crippen molar-refractivity contribution in [3.05, 3.63) is 59.2 Å². The lowest BCUT2D eigenvalue weighted by Gasteiger charge is -2.35. The van der Waals surface area contributed by atoms with Crippen LogP contribution in [0, 0.1) is 32.6 Å². The van der Waals surface area contributed by atoms with Crippen LogP contribution in [0.15, 0.2) is 30.6 Å². The normalized spacial score (nSPS) is 21.8. The zero-order chi connectivity index (χ0) is 22.2. The van der Waals surface area contributed by atoms with Gasteiger partial charge in [-0.05, 0) is 70.1 Å². The van der Waals surface area contributed by atoms with Gasteiger partial charge in [-0.1, -0.05) is 0 Å². The number of carbonyl (C=O) groups excluding carboxylic acids is 1. The smallest absolute Gasteiger partial charge is 0.273 e. The van der Waals surface area contributed by atoms with Crippen LogP contribution in [0.2, 0.25) is 0 Å². The van der Waals surface area contributed by atoms with Gasteiger partial charge in [0.2, 0.25) is 0 Å². The number of hydrogen-bond acceptors (Lipinski definition) is 7. The Morgan fingerprint density at radius 1 is 1.00 bits per heavy atom. The maximum absolute atomic E-state index is 13.8. The highest BCUT2D eigenvalue weighted by Crippen LogP contribution is 2.48. The van der Waals surface area contributed by atoms with E-state index >= 15 is 0 Å². The molecule has 8 nitrogen and oxygen atoms in total. The van der Waals surface area contributed by atoms with E-state index in [2.05, 4.69) is 30.1 Å². The van der Waals surface area contributed by atoms with Gasteiger partial charge in [0.15, 0.2) is 11.6 Å². The van der Waals surface area contributed by atoms with Crippen LogP contribution in [0.1, 0.15) is 52.7 Å². The van der Waals surface area contributed by atoms with Gasteiger partial charge in [-0.15, -0.1) is 5.10 Å². The Bertz CT molecular complexity index is 1150. The third kappa shape index (κ3) is 4.09. The van der Waals surface area contributed by atoms with E-state index in [9.17, 15) is 4.79 Å². The first-order chi connectivity index (χ1) is 15.5. The third-order valence-electron chi connectivity index (χ3n) is 6.66. The average molecular weight is 430 g/mol. The number of fused-ring (bicyclic) bond motifs is 1. The van der Waals surface area contributed by atoms with Crippen molar-refractivity contribution in [1.82, 2.24) is 35.0 Å². The molecule has 2 fully saturated rings. The highest BCUT2D eigenvalue weighted by molar-refractivity contribution is 5.98. The molecule has 1 amide bonds. The Labute approximate surface area is 187 Å². The van der Waals surface area contributed by atoms with Crippen molar-refractivity contribution < 1.29 is 4.79 Å². The summed E-state index contributed by atoms with van der Waals surface area (Å²) >= 11 is 0. The van der Waals surface area contributed by atoms with Gasteiger partial charge in [-0.2, -0.15) is 5.10 Å². The highest BCUT2D eigenvalue weighted by atomic mass is 16.2. The van der Waals surface area contributed by atoms with Crippen LogP contribution in [-0.4, -0.2) is 53.5 Å². The van der Waals surface area contributed by atoms with Crippen LogP contribution in [-0.2, 0) is 6.42 Å². The van der Waals surface area contributed by atoms with Crippen molar-refractivity contribution in [3.63, 3.8) is 0 Å². The van der Waals surface area contributed by atoms with Gasteiger partial charge >= 0.3 is 0 Å². The number of likely N-dealkylation sites (tertiary alicyclic amines) is 1. The maximum Gasteiger partial charge on any atom is 0.273 e. The van der Waals surface area contributed by atoms with Gasteiger partial charge in [0, 0.05) is 37.1 Å². The summed E-state index contributed by atoms with van der Waals surface area (Å²) in [4.78, 5) is 33.7. The highest BCUT2D eigenvalue weighted by Gasteiger charge is 2.47. The van der Waals surface area contributed by atoms with Crippen molar-refractivity contribution >= 4 is 5.91 Å². The van der Waals surface area contributed by atoms with E-state index in [1.807, 2.05) is 37.8 Å². The molecule has 1 saturated heterocycles. The zero-order valence-electron chi connectivity index (χ0n) is 18.7. The first-order valence-electron chi connectivity index (χ1n) is 11.2. The van der Waals surface area contributed by atoms with Gasteiger partial charge in [0.05, 0.1) is 17.0 Å². The predicted octanol–water partition coefficient (Wildman–Crippen LogP) is 3.13. The molecule has 1 aliphatic carbocycles. The summed E-state index contributed by atoms with van der Waals surface area (Å²) in [5.41, 5.74) is 3.68. The second kappa shape index (κ2) is 8.33. The van der Waals surface area contributed by atoms with Crippen molar-refractivity contribution in [2.75, 3.05) is 6.54 Å². The maximum atomic E-state index is 13.8. The lowest BCUT2D eigenvalue weighted by atomic mass is 9.96. The molecular weight excluding hydrogens is 402 g/mol. The minimum Gasteiger partial charge on any atom is -0.334 e. The monoisotopic (exact) mass is 429 g/mol. The molecule has 5 rings (SSSR count). The van der Waals surface area contributed by atoms with E-state index in [4.69, 9.17) is 0 Å². The lowest BCUT2D eigenvalue weighted by molar-refractivity contribution is 0.0582. The molecule has 2 aliphatic rings. The second-order valence-electron chi connectivity index (χ2n) is 8.96. The second-order valence-corrected chi connectivity index (χ2v) is 8.96. The van der Waals surface area contributed by atoms with Crippen LogP contribution in [0.5, 0.6) is 0 Å². The molecule has 32 heavy (non-hydrogen) atoms. The van der Waals surface area contributed by atoms with E-state index < -0.39 is 0 Å². The molecule has 0 N–H and O–H groups in total. The first kappa shape index (κ1) is 20.6. The summed E-state index contributed by atoms with van der Waals surface area (Å²) in [5.74, 6) is 2.56. The van der Waals surface area contributed by atoms with E-state index in [0.29, 0.717) is 29.4 Å². The predicted molar refractivity (Wildman–Crippen MR) is 119 cm³/mol. The molecule has 3 aromatic heterocycles. The van der Waals surface area contributed by atoms with Crippen LogP contribution in [0.3, 0.4) is 0 Å². The Morgan fingerprint density at radius 3 is 2.59 bits per heavy atom. The molecule has 0 unspecified atom stereocenters. The van der Waals surface area contributed by atoms with E-state index in [0.717, 1.165) is 48.2 Å². The molecule has 0 radical (unpaired) electrons. The fourth-order valence-corrected chi connectivity index (χ4v) is 4.60. The molecule has 0 aromatic carbocycles. The van der Waals surface area contributed by atoms with Crippen LogP contribution < -0.4 is 0 Å². The molecule has 8 heteroatoms. The number of aryl methyl sites for hydroxylation is 4.